The fourth-order valence-electron chi connectivity index (χ4n) is 1.84. The SMILES string of the molecule is Cc1ccc(NC(C)c2cccc(Br)c2)cc1N. The number of benzene rings is 2. The monoisotopic (exact) mass is 304 g/mol. The lowest BCUT2D eigenvalue weighted by Crippen LogP contribution is -2.07. The molecule has 0 aliphatic rings. The average Bonchev–Trinajstić information content (AvgIpc) is 2.34. The van der Waals surface area contributed by atoms with Crippen LogP contribution in [0.25, 0.3) is 0 Å². The Morgan fingerprint density at radius 2 is 1.94 bits per heavy atom. The van der Waals surface area contributed by atoms with Gasteiger partial charge >= 0.3 is 0 Å². The van der Waals surface area contributed by atoms with Crippen LogP contribution in [-0.4, -0.2) is 0 Å². The van der Waals surface area contributed by atoms with Crippen molar-refractivity contribution in [2.45, 2.75) is 19.9 Å². The number of nitrogens with two attached hydrogens (primary N) is 1. The third kappa shape index (κ3) is 3.05. The molecule has 0 bridgehead atoms. The van der Waals surface area contributed by atoms with Gasteiger partial charge < -0.3 is 11.1 Å². The van der Waals surface area contributed by atoms with Gasteiger partial charge in [-0.1, -0.05) is 34.1 Å². The summed E-state index contributed by atoms with van der Waals surface area (Å²) in [4.78, 5) is 0. The van der Waals surface area contributed by atoms with E-state index < -0.39 is 0 Å². The van der Waals surface area contributed by atoms with Crippen LogP contribution < -0.4 is 11.1 Å². The Morgan fingerprint density at radius 3 is 2.61 bits per heavy atom. The molecule has 1 unspecified atom stereocenters. The standard InChI is InChI=1S/C15H17BrN2/c1-10-6-7-14(9-15(10)17)18-11(2)12-4-3-5-13(16)8-12/h3-9,11,18H,17H2,1-2H3. The van der Waals surface area contributed by atoms with Gasteiger partial charge in [-0.2, -0.15) is 0 Å². The summed E-state index contributed by atoms with van der Waals surface area (Å²) in [7, 11) is 0. The van der Waals surface area contributed by atoms with Gasteiger partial charge in [-0.25, -0.2) is 0 Å². The Balaban J connectivity index is 2.16. The quantitative estimate of drug-likeness (QED) is 0.819. The molecule has 2 aromatic carbocycles. The maximum Gasteiger partial charge on any atom is 0.0486 e. The molecule has 0 saturated heterocycles. The maximum atomic E-state index is 5.91. The summed E-state index contributed by atoms with van der Waals surface area (Å²) in [5.41, 5.74) is 10.1. The first-order valence-corrected chi connectivity index (χ1v) is 6.73. The smallest absolute Gasteiger partial charge is 0.0486 e. The van der Waals surface area contributed by atoms with E-state index in [1.54, 1.807) is 0 Å². The molecule has 94 valence electrons. The predicted molar refractivity (Wildman–Crippen MR) is 81.8 cm³/mol. The fraction of sp³-hybridized carbons (Fsp3) is 0.200. The second-order valence-electron chi connectivity index (χ2n) is 4.49. The lowest BCUT2D eigenvalue weighted by atomic mass is 10.1. The number of hydrogen-bond donors (Lipinski definition) is 2. The van der Waals surface area contributed by atoms with E-state index in [0.717, 1.165) is 21.4 Å². The molecule has 2 nitrogen and oxygen atoms in total. The maximum absolute atomic E-state index is 5.91. The third-order valence-corrected chi connectivity index (χ3v) is 3.50. The van der Waals surface area contributed by atoms with Crippen LogP contribution in [0.4, 0.5) is 11.4 Å². The molecule has 0 fully saturated rings. The molecule has 1 atom stereocenters. The first kappa shape index (κ1) is 13.0. The number of nitrogen functional groups attached to an aromatic ring is 1. The zero-order valence-electron chi connectivity index (χ0n) is 10.6. The minimum absolute atomic E-state index is 0.240. The molecule has 0 saturated carbocycles. The Labute approximate surface area is 116 Å². The molecule has 0 radical (unpaired) electrons. The molecule has 3 N–H and O–H groups in total. The van der Waals surface area contributed by atoms with E-state index in [1.807, 2.05) is 31.2 Å². The third-order valence-electron chi connectivity index (χ3n) is 3.01. The van der Waals surface area contributed by atoms with Gasteiger partial charge in [0.25, 0.3) is 0 Å². The number of nitrogens with one attached hydrogen (secondary N) is 1. The van der Waals surface area contributed by atoms with Gasteiger partial charge in [0.1, 0.15) is 0 Å². The molecule has 0 aliphatic heterocycles. The topological polar surface area (TPSA) is 38.0 Å². The van der Waals surface area contributed by atoms with Gasteiger partial charge in [-0.3, -0.25) is 0 Å². The normalized spacial score (nSPS) is 12.2. The summed E-state index contributed by atoms with van der Waals surface area (Å²) in [5, 5.41) is 3.45. The highest BCUT2D eigenvalue weighted by atomic mass is 79.9. The van der Waals surface area contributed by atoms with E-state index in [9.17, 15) is 0 Å². The molecule has 0 amide bonds. The van der Waals surface area contributed by atoms with Crippen LogP contribution in [-0.2, 0) is 0 Å². The molecule has 18 heavy (non-hydrogen) atoms. The molecule has 0 spiro atoms. The second-order valence-corrected chi connectivity index (χ2v) is 5.41. The van der Waals surface area contributed by atoms with Crippen molar-refractivity contribution in [3.63, 3.8) is 0 Å². The van der Waals surface area contributed by atoms with Gasteiger partial charge in [0, 0.05) is 21.9 Å². The van der Waals surface area contributed by atoms with Crippen LogP contribution in [0.2, 0.25) is 0 Å². The zero-order valence-corrected chi connectivity index (χ0v) is 12.2. The molecule has 2 rings (SSSR count). The highest BCUT2D eigenvalue weighted by molar-refractivity contribution is 9.10. The van der Waals surface area contributed by atoms with E-state index in [-0.39, 0.29) is 6.04 Å². The van der Waals surface area contributed by atoms with E-state index >= 15 is 0 Å². The fourth-order valence-corrected chi connectivity index (χ4v) is 2.26. The number of rotatable bonds is 3. The Hall–Kier alpha value is -1.48. The largest absolute Gasteiger partial charge is 0.398 e. The summed E-state index contributed by atoms with van der Waals surface area (Å²) >= 11 is 3.49. The van der Waals surface area contributed by atoms with E-state index in [1.165, 1.54) is 5.56 Å². The summed E-state index contributed by atoms with van der Waals surface area (Å²) in [6.07, 6.45) is 0. The first-order valence-electron chi connectivity index (χ1n) is 5.94. The highest BCUT2D eigenvalue weighted by Gasteiger charge is 2.06. The molecular weight excluding hydrogens is 288 g/mol. The molecule has 0 aliphatic carbocycles. The number of aryl methyl sites for hydroxylation is 1. The van der Waals surface area contributed by atoms with Crippen molar-refractivity contribution in [3.05, 3.63) is 58.1 Å². The van der Waals surface area contributed by atoms with Crippen molar-refractivity contribution < 1.29 is 0 Å². The van der Waals surface area contributed by atoms with Crippen molar-refractivity contribution in [2.75, 3.05) is 11.1 Å². The highest BCUT2D eigenvalue weighted by Crippen LogP contribution is 2.24. The summed E-state index contributed by atoms with van der Waals surface area (Å²) < 4.78 is 1.09. The Bertz CT molecular complexity index is 552. The van der Waals surface area contributed by atoms with Crippen molar-refractivity contribution in [3.8, 4) is 0 Å². The van der Waals surface area contributed by atoms with Gasteiger partial charge in [-0.05, 0) is 49.2 Å². The minimum Gasteiger partial charge on any atom is -0.398 e. The first-order chi connectivity index (χ1) is 8.56. The van der Waals surface area contributed by atoms with Crippen LogP contribution in [0.1, 0.15) is 24.1 Å². The lowest BCUT2D eigenvalue weighted by molar-refractivity contribution is 0.884. The molecule has 2 aromatic rings. The predicted octanol–water partition coefficient (Wildman–Crippen LogP) is 4.51. The number of halogens is 1. The number of hydrogen-bond acceptors (Lipinski definition) is 2. The lowest BCUT2D eigenvalue weighted by Gasteiger charge is -2.16. The van der Waals surface area contributed by atoms with Crippen molar-refractivity contribution in [2.24, 2.45) is 0 Å². The second kappa shape index (κ2) is 5.44. The number of anilines is 2. The summed E-state index contributed by atoms with van der Waals surface area (Å²) in [6.45, 7) is 4.15. The zero-order chi connectivity index (χ0) is 13.1. The van der Waals surface area contributed by atoms with Crippen LogP contribution in [0.3, 0.4) is 0 Å². The average molecular weight is 305 g/mol. The summed E-state index contributed by atoms with van der Waals surface area (Å²) in [6, 6.07) is 14.6. The van der Waals surface area contributed by atoms with Gasteiger partial charge in [0.2, 0.25) is 0 Å². The van der Waals surface area contributed by atoms with Gasteiger partial charge in [-0.15, -0.1) is 0 Å². The van der Waals surface area contributed by atoms with Crippen molar-refractivity contribution >= 4 is 27.3 Å². The van der Waals surface area contributed by atoms with Crippen LogP contribution in [0.5, 0.6) is 0 Å². The van der Waals surface area contributed by atoms with Gasteiger partial charge in [0.15, 0.2) is 0 Å². The van der Waals surface area contributed by atoms with E-state index in [4.69, 9.17) is 5.73 Å². The van der Waals surface area contributed by atoms with E-state index in [2.05, 4.69) is 46.4 Å². The van der Waals surface area contributed by atoms with Gasteiger partial charge in [0.05, 0.1) is 0 Å². The molecule has 0 heterocycles. The van der Waals surface area contributed by atoms with Crippen molar-refractivity contribution in [1.29, 1.82) is 0 Å². The van der Waals surface area contributed by atoms with Crippen LogP contribution in [0, 0.1) is 6.92 Å². The molecule has 3 heteroatoms. The van der Waals surface area contributed by atoms with Crippen LogP contribution in [0.15, 0.2) is 46.9 Å². The van der Waals surface area contributed by atoms with Crippen LogP contribution >= 0.6 is 15.9 Å². The van der Waals surface area contributed by atoms with Crippen molar-refractivity contribution in [1.82, 2.24) is 0 Å². The summed E-state index contributed by atoms with van der Waals surface area (Å²) in [5.74, 6) is 0. The van der Waals surface area contributed by atoms with E-state index in [0.29, 0.717) is 0 Å². The molecular formula is C15H17BrN2. The minimum atomic E-state index is 0.240. The Morgan fingerprint density at radius 1 is 1.17 bits per heavy atom. The molecule has 0 aromatic heterocycles. The Kier molecular flexibility index (Phi) is 3.92.